The van der Waals surface area contributed by atoms with Crippen LogP contribution in [-0.4, -0.2) is 0 Å². The van der Waals surface area contributed by atoms with Gasteiger partial charge in [0.1, 0.15) is 0 Å². The third-order valence-corrected chi connectivity index (χ3v) is 33.6. The Labute approximate surface area is 752 Å². The van der Waals surface area contributed by atoms with Gasteiger partial charge in [0.25, 0.3) is 0 Å². The third kappa shape index (κ3) is 23.7. The quantitative estimate of drug-likeness (QED) is 0.227. The fraction of sp³-hybridized carbons (Fsp3) is 0.833. The molecule has 0 amide bonds. The Morgan fingerprint density at radius 1 is 0.167 bits per heavy atom. The van der Waals surface area contributed by atoms with Gasteiger partial charge in [-0.1, -0.05) is 442 Å². The molecule has 5 spiro atoms. The van der Waals surface area contributed by atoms with Crippen molar-refractivity contribution in [3.8, 4) is 0 Å². The normalized spacial score (nSPS) is 25.4. The summed E-state index contributed by atoms with van der Waals surface area (Å²) in [4.78, 5) is 0. The summed E-state index contributed by atoms with van der Waals surface area (Å²) in [6.45, 7) is 92.9. The molecule has 0 heteroatoms. The van der Waals surface area contributed by atoms with Crippen LogP contribution in [-0.2, 0) is 0 Å². The zero-order valence-electron chi connectivity index (χ0n) is 89.1. The Morgan fingerprint density at radius 2 is 0.317 bits per heavy atom. The minimum Gasteiger partial charge on any atom is -0.0683 e. The molecule has 0 saturated heterocycles. The van der Waals surface area contributed by atoms with Gasteiger partial charge in [0, 0.05) is 0 Å². The first kappa shape index (κ1) is 104. The van der Waals surface area contributed by atoms with E-state index in [1.165, 1.54) is 276 Å². The van der Waals surface area contributed by atoms with Gasteiger partial charge in [-0.25, -0.2) is 0 Å². The molecule has 0 aromatic carbocycles. The molecule has 0 nitrogen and oxygen atoms in total. The average Bonchev–Trinajstić information content (AvgIpc) is 1.46. The molecular formula is C120H208. The first-order chi connectivity index (χ1) is 55.6. The summed E-state index contributed by atoms with van der Waals surface area (Å²) >= 11 is 0. The highest BCUT2D eigenvalue weighted by atomic mass is 14.6. The second-order valence-corrected chi connectivity index (χ2v) is 52.2. The van der Waals surface area contributed by atoms with E-state index in [-0.39, 0.29) is 0 Å². The fourth-order valence-electron chi connectivity index (χ4n) is 27.5. The fourth-order valence-corrected chi connectivity index (χ4v) is 27.5. The average molecular weight is 1650 g/mol. The van der Waals surface area contributed by atoms with E-state index in [4.69, 9.17) is 0 Å². The molecule has 0 N–H and O–H groups in total. The molecule has 688 valence electrons. The zero-order chi connectivity index (χ0) is 90.6. The van der Waals surface area contributed by atoms with Gasteiger partial charge < -0.3 is 0 Å². The molecule has 0 radical (unpaired) electrons. The largest absolute Gasteiger partial charge is 0.0683 e. The van der Waals surface area contributed by atoms with E-state index < -0.39 is 0 Å². The summed E-state index contributed by atoms with van der Waals surface area (Å²) < 4.78 is 0. The summed E-state index contributed by atoms with van der Waals surface area (Å²) in [7, 11) is 0. The second kappa shape index (κ2) is 40.2. The molecule has 16 rings (SSSR count). The Bertz CT molecular complexity index is 3460. The highest BCUT2D eigenvalue weighted by Gasteiger charge is 2.57. The predicted molar refractivity (Wildman–Crippen MR) is 539 cm³/mol. The molecule has 11 saturated carbocycles. The highest BCUT2D eigenvalue weighted by molar-refractivity contribution is 5.60. The van der Waals surface area contributed by atoms with Crippen LogP contribution in [0.1, 0.15) is 553 Å². The van der Waals surface area contributed by atoms with Gasteiger partial charge >= 0.3 is 0 Å². The van der Waals surface area contributed by atoms with Crippen LogP contribution < -0.4 is 0 Å². The van der Waals surface area contributed by atoms with Crippen LogP contribution in [0, 0.1) is 93.1 Å². The molecule has 2 atom stereocenters. The van der Waals surface area contributed by atoms with Gasteiger partial charge in [-0.2, -0.15) is 0 Å². The van der Waals surface area contributed by atoms with Crippen molar-refractivity contribution >= 4 is 0 Å². The molecule has 16 aliphatic carbocycles. The van der Waals surface area contributed by atoms with E-state index >= 15 is 0 Å². The van der Waals surface area contributed by atoms with Crippen molar-refractivity contribution in [1.82, 2.24) is 0 Å². The van der Waals surface area contributed by atoms with E-state index in [1.54, 1.807) is 89.2 Å². The highest BCUT2D eigenvalue weighted by Crippen LogP contribution is 2.70. The third-order valence-electron chi connectivity index (χ3n) is 33.6. The lowest BCUT2D eigenvalue weighted by Crippen LogP contribution is -2.24. The summed E-state index contributed by atoms with van der Waals surface area (Å²) in [6.07, 6.45) is 61.8. The smallest absolute Gasteiger partial charge is 0.00861 e. The minimum absolute atomic E-state index is 0.334. The molecule has 16 aliphatic rings. The van der Waals surface area contributed by atoms with Gasteiger partial charge in [0.2, 0.25) is 0 Å². The Kier molecular flexibility index (Phi) is 35.0. The zero-order valence-corrected chi connectivity index (χ0v) is 89.1. The minimum atomic E-state index is 0.334. The molecule has 0 aromatic rings. The van der Waals surface area contributed by atoms with Gasteiger partial charge in [0.15, 0.2) is 0 Å². The lowest BCUT2D eigenvalue weighted by Gasteiger charge is -2.34. The van der Waals surface area contributed by atoms with Crippen LogP contribution >= 0.6 is 0 Å². The van der Waals surface area contributed by atoms with Crippen molar-refractivity contribution in [2.45, 2.75) is 553 Å². The standard InChI is InChI=1S/C23H36.C23H38.C22H36.2C21H34.5C2H6/c1-21(2,3)19-12-20(22(4,5)6)17-14-23(13-16(17)19)11-10-15-8-7-9-18(15)23;1-21(2,3)19-14-20(22(4,5)6)18-16-23(15-17(18)19)12-10-8-7-9-11-13-23;1-20(2,3)18-13-19(21(4,5)6)17-15-22(14-16(17)18)11-9-7-8-10-12-22;2*1-19(2,3)17-12-18(20(4,5)6)16-14-21(13-15(16)17)10-8-7-9-11-21;5*1-2/h15,18H,7-14H2,1-6H3;7-16H2,1-6H3;7-15H2,1-6H3;2*7-14H2,1-6H3;5*1-2H3. The maximum absolute atomic E-state index is 2.44. The summed E-state index contributed by atoms with van der Waals surface area (Å²) in [5.41, 5.74) is 42.4. The number of hydrogen-bond donors (Lipinski definition) is 0. The van der Waals surface area contributed by atoms with Crippen molar-refractivity contribution in [1.29, 1.82) is 0 Å². The van der Waals surface area contributed by atoms with Crippen LogP contribution in [0.3, 0.4) is 0 Å². The molecule has 120 heavy (non-hydrogen) atoms. The molecule has 2 unspecified atom stereocenters. The molecule has 0 bridgehead atoms. The number of rotatable bonds is 0. The Hall–Kier alpha value is -2.60. The van der Waals surface area contributed by atoms with Crippen LogP contribution in [0.5, 0.6) is 0 Å². The lowest BCUT2D eigenvalue weighted by atomic mass is 9.70. The van der Waals surface area contributed by atoms with E-state index in [9.17, 15) is 0 Å². The summed E-state index contributed by atoms with van der Waals surface area (Å²) in [5.74, 6) is 2.13. The maximum atomic E-state index is 2.44. The Morgan fingerprint density at radius 3 is 0.483 bits per heavy atom. The van der Waals surface area contributed by atoms with Crippen LogP contribution in [0.4, 0.5) is 0 Å². The molecule has 0 heterocycles. The van der Waals surface area contributed by atoms with Crippen molar-refractivity contribution in [3.05, 3.63) is 111 Å². The molecule has 0 aromatic heterocycles. The molecule has 0 aliphatic heterocycles. The van der Waals surface area contributed by atoms with Gasteiger partial charge in [-0.3, -0.25) is 0 Å². The van der Waals surface area contributed by atoms with Crippen molar-refractivity contribution in [2.24, 2.45) is 93.1 Å². The van der Waals surface area contributed by atoms with Gasteiger partial charge in [-0.05, 0) is 316 Å². The van der Waals surface area contributed by atoms with E-state index in [1.807, 2.05) is 91.5 Å². The van der Waals surface area contributed by atoms with E-state index in [0.29, 0.717) is 81.2 Å². The van der Waals surface area contributed by atoms with E-state index in [2.05, 4.69) is 208 Å². The first-order valence-corrected chi connectivity index (χ1v) is 52.9. The van der Waals surface area contributed by atoms with Gasteiger partial charge in [-0.15, -0.1) is 0 Å². The number of fused-ring (bicyclic) bond motifs is 7. The van der Waals surface area contributed by atoms with Crippen LogP contribution in [0.15, 0.2) is 111 Å². The summed E-state index contributed by atoms with van der Waals surface area (Å²) in [6, 6.07) is 0. The predicted octanol–water partition coefficient (Wildman–Crippen LogP) is 40.6. The van der Waals surface area contributed by atoms with Crippen LogP contribution in [0.2, 0.25) is 0 Å². The van der Waals surface area contributed by atoms with Crippen molar-refractivity contribution in [3.63, 3.8) is 0 Å². The van der Waals surface area contributed by atoms with E-state index in [0.717, 1.165) is 11.8 Å². The SMILES string of the molecule is CC.CC.CC.CC.CC.CC(C)(C)C1=C2CC3(CCC4CCCC43)CC2=C(C(C)(C)C)C1.CC(C)(C)C1=C2CC3(CCCCC3)CC2=C(C(C)(C)C)C1.CC(C)(C)C1=C2CC3(CCCCC3)CC2=C(C(C)(C)C)C1.CC(C)(C)C1=C2CC3(CCCCCC3)CC2=C(C(C)(C)C)C1.CC(C)(C)C1=C2CC3(CCCCCCC3)CC2=C(C(C)(C)C)C1. The number of hydrogen-bond acceptors (Lipinski definition) is 0. The Balaban J connectivity index is 0.000000201. The lowest BCUT2D eigenvalue weighted by molar-refractivity contribution is 0.201. The topological polar surface area (TPSA) is 0 Å². The second-order valence-electron chi connectivity index (χ2n) is 52.2. The number of allylic oxidation sites excluding steroid dienone is 20. The monoisotopic (exact) mass is 1650 g/mol. The van der Waals surface area contributed by atoms with Crippen molar-refractivity contribution < 1.29 is 0 Å². The summed E-state index contributed by atoms with van der Waals surface area (Å²) in [5, 5.41) is 0. The first-order valence-electron chi connectivity index (χ1n) is 52.9. The van der Waals surface area contributed by atoms with Crippen LogP contribution in [0.25, 0.3) is 0 Å². The molecular weight excluding hydrogens is 1440 g/mol. The van der Waals surface area contributed by atoms with Crippen molar-refractivity contribution in [2.75, 3.05) is 0 Å². The molecule has 11 fully saturated rings. The van der Waals surface area contributed by atoms with Gasteiger partial charge in [0.05, 0.1) is 0 Å². The maximum Gasteiger partial charge on any atom is -0.00861 e.